The Morgan fingerprint density at radius 3 is 2.50 bits per heavy atom. The Morgan fingerprint density at radius 1 is 1.36 bits per heavy atom. The molecule has 0 heterocycles. The lowest BCUT2D eigenvalue weighted by molar-refractivity contribution is -0.115. The van der Waals surface area contributed by atoms with Gasteiger partial charge in [0.2, 0.25) is 0 Å². The predicted molar refractivity (Wildman–Crippen MR) is 54.9 cm³/mol. The zero-order valence-corrected chi connectivity index (χ0v) is 8.43. The monoisotopic (exact) mass is 216 g/mol. The van der Waals surface area contributed by atoms with Crippen molar-refractivity contribution in [1.82, 2.24) is 10.6 Å². The normalized spacial score (nSPS) is 11.1. The molecule has 0 aromatic heterocycles. The minimum absolute atomic E-state index is 0.217. The van der Waals surface area contributed by atoms with Crippen molar-refractivity contribution in [3.8, 4) is 0 Å². The van der Waals surface area contributed by atoms with Gasteiger partial charge in [-0.1, -0.05) is 13.2 Å². The van der Waals surface area contributed by atoms with E-state index in [1.165, 1.54) is 5.41 Å². The Balaban J connectivity index is 3.64. The second kappa shape index (κ2) is 7.02. The number of imide groups is 1. The van der Waals surface area contributed by atoms with Crippen LogP contribution in [0.1, 0.15) is 0 Å². The van der Waals surface area contributed by atoms with E-state index in [0.717, 1.165) is 6.08 Å². The van der Waals surface area contributed by atoms with E-state index in [0.29, 0.717) is 0 Å². The van der Waals surface area contributed by atoms with Gasteiger partial charge in [-0.3, -0.25) is 14.3 Å². The van der Waals surface area contributed by atoms with E-state index in [1.807, 2.05) is 5.32 Å². The molecule has 3 amide bonds. The van der Waals surface area contributed by atoms with Gasteiger partial charge in [-0.05, 0) is 11.5 Å². The van der Waals surface area contributed by atoms with Crippen molar-refractivity contribution in [3.63, 3.8) is 0 Å². The van der Waals surface area contributed by atoms with Gasteiger partial charge in [-0.2, -0.15) is 0 Å². The second-order valence-corrected chi connectivity index (χ2v) is 3.70. The van der Waals surface area contributed by atoms with Gasteiger partial charge in [0.25, 0.3) is 5.91 Å². The zero-order chi connectivity index (χ0) is 11.0. The molecule has 0 saturated heterocycles. The summed E-state index contributed by atoms with van der Waals surface area (Å²) >= 11 is 0. The first kappa shape index (κ1) is 12.6. The van der Waals surface area contributed by atoms with Crippen LogP contribution in [0.5, 0.6) is 0 Å². The largest absolute Gasteiger partial charge is 0.337 e. The van der Waals surface area contributed by atoms with Crippen molar-refractivity contribution in [2.24, 2.45) is 0 Å². The van der Waals surface area contributed by atoms with E-state index in [2.05, 4.69) is 18.5 Å². The van der Waals surface area contributed by atoms with Gasteiger partial charge in [0, 0.05) is 23.1 Å². The molecule has 0 fully saturated rings. The molecule has 0 radical (unpaired) electrons. The standard InChI is InChI=1S/C8H12N2O3S/c1-3-7(11)10-8(12)9-5-6-14(13)4-2/h3-4H,1-2,5-6H2,(H2,9,10,11,12). The molecule has 78 valence electrons. The van der Waals surface area contributed by atoms with Gasteiger partial charge in [-0.15, -0.1) is 0 Å². The third-order valence-electron chi connectivity index (χ3n) is 1.20. The molecular formula is C8H12N2O3S. The number of rotatable bonds is 5. The van der Waals surface area contributed by atoms with Crippen LogP contribution in [0.25, 0.3) is 0 Å². The minimum atomic E-state index is -1.14. The van der Waals surface area contributed by atoms with Crippen LogP contribution < -0.4 is 10.6 Å². The highest BCUT2D eigenvalue weighted by molar-refractivity contribution is 7.87. The van der Waals surface area contributed by atoms with Crippen molar-refractivity contribution >= 4 is 22.7 Å². The Bertz CT molecular complexity index is 276. The molecule has 14 heavy (non-hydrogen) atoms. The Kier molecular flexibility index (Phi) is 6.30. The average molecular weight is 216 g/mol. The number of urea groups is 1. The molecule has 0 spiro atoms. The lowest BCUT2D eigenvalue weighted by Gasteiger charge is -2.03. The lowest BCUT2D eigenvalue weighted by Crippen LogP contribution is -2.40. The molecule has 0 aliphatic rings. The van der Waals surface area contributed by atoms with Gasteiger partial charge in [0.05, 0.1) is 0 Å². The fourth-order valence-electron chi connectivity index (χ4n) is 0.556. The van der Waals surface area contributed by atoms with Gasteiger partial charge in [0.1, 0.15) is 0 Å². The van der Waals surface area contributed by atoms with Crippen molar-refractivity contribution < 1.29 is 13.8 Å². The van der Waals surface area contributed by atoms with E-state index in [4.69, 9.17) is 0 Å². The quantitative estimate of drug-likeness (QED) is 0.630. The van der Waals surface area contributed by atoms with E-state index >= 15 is 0 Å². The minimum Gasteiger partial charge on any atom is -0.337 e. The average Bonchev–Trinajstić information content (AvgIpc) is 2.17. The highest BCUT2D eigenvalue weighted by atomic mass is 32.2. The third kappa shape index (κ3) is 6.13. The molecule has 1 atom stereocenters. The third-order valence-corrected chi connectivity index (χ3v) is 2.18. The highest BCUT2D eigenvalue weighted by Gasteiger charge is 2.02. The summed E-state index contributed by atoms with van der Waals surface area (Å²) in [4.78, 5) is 21.5. The Labute approximate surface area is 84.7 Å². The SMILES string of the molecule is C=CC(=O)NC(=O)NCCS(=O)C=C. The molecule has 0 bridgehead atoms. The van der Waals surface area contributed by atoms with Crippen molar-refractivity contribution in [3.05, 3.63) is 24.6 Å². The molecule has 0 aromatic rings. The highest BCUT2D eigenvalue weighted by Crippen LogP contribution is 1.80. The van der Waals surface area contributed by atoms with Crippen LogP contribution in [0.3, 0.4) is 0 Å². The lowest BCUT2D eigenvalue weighted by atomic mass is 10.6. The van der Waals surface area contributed by atoms with Gasteiger partial charge >= 0.3 is 6.03 Å². The zero-order valence-electron chi connectivity index (χ0n) is 7.62. The van der Waals surface area contributed by atoms with Gasteiger partial charge in [-0.25, -0.2) is 4.79 Å². The van der Waals surface area contributed by atoms with Crippen LogP contribution in [0, 0.1) is 0 Å². The second-order valence-electron chi connectivity index (χ2n) is 2.20. The number of carbonyl (C=O) groups excluding carboxylic acids is 2. The molecule has 6 heteroatoms. The van der Waals surface area contributed by atoms with E-state index in [1.54, 1.807) is 0 Å². The van der Waals surface area contributed by atoms with E-state index < -0.39 is 22.7 Å². The maximum absolute atomic E-state index is 10.9. The summed E-state index contributed by atoms with van der Waals surface area (Å²) in [5, 5.41) is 5.63. The fourth-order valence-corrected chi connectivity index (χ4v) is 1.03. The summed E-state index contributed by atoms with van der Waals surface area (Å²) in [5.74, 6) is -0.300. The number of amides is 3. The molecule has 2 N–H and O–H groups in total. The summed E-state index contributed by atoms with van der Waals surface area (Å²) in [6.45, 7) is 6.72. The topological polar surface area (TPSA) is 75.3 Å². The van der Waals surface area contributed by atoms with E-state index in [-0.39, 0.29) is 12.3 Å². The molecule has 1 unspecified atom stereocenters. The smallest absolute Gasteiger partial charge is 0.321 e. The molecule has 0 aromatic carbocycles. The molecular weight excluding hydrogens is 204 g/mol. The van der Waals surface area contributed by atoms with Crippen LogP contribution in [-0.4, -0.2) is 28.4 Å². The first-order chi connectivity index (χ1) is 6.60. The number of carbonyl (C=O) groups is 2. The molecule has 0 rings (SSSR count). The summed E-state index contributed by atoms with van der Waals surface area (Å²) in [6, 6.07) is -0.629. The first-order valence-electron chi connectivity index (χ1n) is 3.81. The predicted octanol–water partition coefficient (Wildman–Crippen LogP) is -0.110. The number of hydrogen-bond acceptors (Lipinski definition) is 3. The van der Waals surface area contributed by atoms with Crippen LogP contribution in [0.2, 0.25) is 0 Å². The summed E-state index contributed by atoms with van der Waals surface area (Å²) in [6.07, 6.45) is 0.988. The van der Waals surface area contributed by atoms with Gasteiger partial charge < -0.3 is 5.32 Å². The van der Waals surface area contributed by atoms with Crippen molar-refractivity contribution in [2.75, 3.05) is 12.3 Å². The van der Waals surface area contributed by atoms with Gasteiger partial charge in [0.15, 0.2) is 0 Å². The Hall–Kier alpha value is -1.43. The molecule has 0 aliphatic carbocycles. The Morgan fingerprint density at radius 2 is 2.00 bits per heavy atom. The summed E-state index contributed by atoms with van der Waals surface area (Å²) in [5.41, 5.74) is 0. The maximum Gasteiger partial charge on any atom is 0.321 e. The molecule has 0 aliphatic heterocycles. The van der Waals surface area contributed by atoms with Crippen LogP contribution >= 0.6 is 0 Å². The fraction of sp³-hybridized carbons (Fsp3) is 0.250. The number of hydrogen-bond donors (Lipinski definition) is 2. The summed E-state index contributed by atoms with van der Waals surface area (Å²) in [7, 11) is -1.14. The van der Waals surface area contributed by atoms with Crippen LogP contribution in [0.4, 0.5) is 4.79 Å². The van der Waals surface area contributed by atoms with Crippen LogP contribution in [0.15, 0.2) is 24.6 Å². The van der Waals surface area contributed by atoms with Crippen molar-refractivity contribution in [1.29, 1.82) is 0 Å². The van der Waals surface area contributed by atoms with Crippen LogP contribution in [-0.2, 0) is 15.6 Å². The number of nitrogens with one attached hydrogen (secondary N) is 2. The van der Waals surface area contributed by atoms with Crippen molar-refractivity contribution in [2.45, 2.75) is 0 Å². The summed E-state index contributed by atoms with van der Waals surface area (Å²) < 4.78 is 10.8. The first-order valence-corrected chi connectivity index (χ1v) is 5.19. The molecule has 0 saturated carbocycles. The maximum atomic E-state index is 10.9. The van der Waals surface area contributed by atoms with E-state index in [9.17, 15) is 13.8 Å². The molecule has 5 nitrogen and oxygen atoms in total.